The van der Waals surface area contributed by atoms with Gasteiger partial charge >= 0.3 is 5.51 Å². The first-order valence-corrected chi connectivity index (χ1v) is 10.0. The Balaban J connectivity index is 0.000000609. The van der Waals surface area contributed by atoms with Crippen LogP contribution >= 0.6 is 0 Å². The lowest BCUT2D eigenvalue weighted by molar-refractivity contribution is -0.697. The minimum absolute atomic E-state index is 1.18. The SMILES string of the molecule is CCCCCCC[n+]1cccc(CCCC)c1.O=S(=O)([O-])C(F)(F)F. The molecule has 0 radical (unpaired) electrons. The van der Waals surface area contributed by atoms with Gasteiger partial charge in [-0.25, -0.2) is 13.0 Å². The summed E-state index contributed by atoms with van der Waals surface area (Å²) in [5.74, 6) is 0. The van der Waals surface area contributed by atoms with E-state index in [1.54, 1.807) is 0 Å². The van der Waals surface area contributed by atoms with Crippen LogP contribution in [0.4, 0.5) is 13.2 Å². The van der Waals surface area contributed by atoms with Crippen LogP contribution in [-0.2, 0) is 23.1 Å². The van der Waals surface area contributed by atoms with Crippen LogP contribution in [0.3, 0.4) is 0 Å². The zero-order chi connectivity index (χ0) is 19.3. The quantitative estimate of drug-likeness (QED) is 0.276. The molecule has 1 aromatic heterocycles. The molecule has 8 heteroatoms. The van der Waals surface area contributed by atoms with Crippen molar-refractivity contribution in [1.82, 2.24) is 0 Å². The second-order valence-electron chi connectivity index (χ2n) is 5.87. The molecule has 0 saturated heterocycles. The van der Waals surface area contributed by atoms with Gasteiger partial charge in [-0.05, 0) is 25.3 Å². The minimum Gasteiger partial charge on any atom is -0.741 e. The molecule has 1 aromatic rings. The predicted molar refractivity (Wildman–Crippen MR) is 89.8 cm³/mol. The van der Waals surface area contributed by atoms with Crippen molar-refractivity contribution in [2.24, 2.45) is 0 Å². The number of halogens is 3. The summed E-state index contributed by atoms with van der Waals surface area (Å²) in [6.45, 7) is 5.71. The molecule has 0 aliphatic heterocycles. The zero-order valence-electron chi connectivity index (χ0n) is 14.9. The maximum absolute atomic E-state index is 10.7. The molecule has 1 rings (SSSR count). The molecule has 0 aromatic carbocycles. The Morgan fingerprint density at radius 1 is 1.04 bits per heavy atom. The summed E-state index contributed by atoms with van der Waals surface area (Å²) < 4.78 is 61.3. The van der Waals surface area contributed by atoms with Crippen molar-refractivity contribution in [2.45, 2.75) is 77.3 Å². The van der Waals surface area contributed by atoms with E-state index in [0.29, 0.717) is 0 Å². The highest BCUT2D eigenvalue weighted by molar-refractivity contribution is 7.86. The maximum atomic E-state index is 10.7. The number of hydrogen-bond acceptors (Lipinski definition) is 3. The van der Waals surface area contributed by atoms with Crippen LogP contribution in [0.15, 0.2) is 24.5 Å². The number of hydrogen-bond donors (Lipinski definition) is 0. The Morgan fingerprint density at radius 3 is 2.12 bits per heavy atom. The van der Waals surface area contributed by atoms with E-state index in [2.05, 4.69) is 42.9 Å². The van der Waals surface area contributed by atoms with Crippen molar-refractivity contribution in [1.29, 1.82) is 0 Å². The summed E-state index contributed by atoms with van der Waals surface area (Å²) >= 11 is 0. The highest BCUT2D eigenvalue weighted by atomic mass is 32.2. The van der Waals surface area contributed by atoms with Gasteiger partial charge in [0.05, 0.1) is 0 Å². The summed E-state index contributed by atoms with van der Waals surface area (Å²) in [5.41, 5.74) is -4.16. The van der Waals surface area contributed by atoms with E-state index in [-0.39, 0.29) is 0 Å². The molecule has 0 spiro atoms. The van der Waals surface area contributed by atoms with Crippen LogP contribution in [0.1, 0.15) is 64.4 Å². The average Bonchev–Trinajstić information content (AvgIpc) is 2.52. The summed E-state index contributed by atoms with van der Waals surface area (Å²) in [5, 5.41) is 0. The molecule has 0 fully saturated rings. The van der Waals surface area contributed by atoms with Crippen molar-refractivity contribution in [3.8, 4) is 0 Å². The number of rotatable bonds is 9. The first-order chi connectivity index (χ1) is 11.6. The fourth-order valence-electron chi connectivity index (χ4n) is 2.14. The lowest BCUT2D eigenvalue weighted by atomic mass is 10.1. The number of unbranched alkanes of at least 4 members (excludes halogenated alkanes) is 5. The van der Waals surface area contributed by atoms with Gasteiger partial charge in [0, 0.05) is 18.1 Å². The van der Waals surface area contributed by atoms with Crippen LogP contribution in [0.5, 0.6) is 0 Å². The number of alkyl halides is 3. The van der Waals surface area contributed by atoms with E-state index in [1.165, 1.54) is 63.5 Å². The van der Waals surface area contributed by atoms with E-state index in [9.17, 15) is 13.2 Å². The Kier molecular flexibility index (Phi) is 11.7. The Bertz CT molecular complexity index is 575. The van der Waals surface area contributed by atoms with Gasteiger partial charge in [0.1, 0.15) is 6.54 Å². The fraction of sp³-hybridized carbons (Fsp3) is 0.706. The van der Waals surface area contributed by atoms with Crippen LogP contribution in [0, 0.1) is 0 Å². The fourth-order valence-corrected chi connectivity index (χ4v) is 2.14. The first kappa shape index (κ1) is 23.9. The Hall–Kier alpha value is -1.15. The monoisotopic (exact) mass is 383 g/mol. The summed E-state index contributed by atoms with van der Waals surface area (Å²) in [6.07, 6.45) is 15.2. The molecule has 0 bridgehead atoms. The number of nitrogens with zero attached hydrogens (tertiary/aromatic N) is 1. The summed E-state index contributed by atoms with van der Waals surface area (Å²) in [7, 11) is -6.09. The van der Waals surface area contributed by atoms with Gasteiger partial charge in [0.15, 0.2) is 22.5 Å². The van der Waals surface area contributed by atoms with Gasteiger partial charge < -0.3 is 4.55 Å². The van der Waals surface area contributed by atoms with E-state index in [1.807, 2.05) is 0 Å². The molecule has 4 nitrogen and oxygen atoms in total. The van der Waals surface area contributed by atoms with Gasteiger partial charge in [-0.15, -0.1) is 0 Å². The zero-order valence-corrected chi connectivity index (χ0v) is 15.7. The molecule has 146 valence electrons. The first-order valence-electron chi connectivity index (χ1n) is 8.62. The Labute approximate surface area is 148 Å². The van der Waals surface area contributed by atoms with E-state index < -0.39 is 15.6 Å². The van der Waals surface area contributed by atoms with Gasteiger partial charge in [-0.3, -0.25) is 0 Å². The van der Waals surface area contributed by atoms with Crippen LogP contribution < -0.4 is 4.57 Å². The minimum atomic E-state index is -6.09. The van der Waals surface area contributed by atoms with Crippen LogP contribution in [0.25, 0.3) is 0 Å². The standard InChI is InChI=1S/C16H28N.CHF3O3S/c1-3-5-7-8-9-13-17-14-10-12-16(15-17)11-6-4-2;2-1(3,4)8(5,6)7/h10,12,14-15H,3-9,11,13H2,1-2H3;(H,5,6,7)/q+1;/p-1. The molecular weight excluding hydrogens is 355 g/mol. The molecule has 0 N–H and O–H groups in total. The third kappa shape index (κ3) is 11.9. The smallest absolute Gasteiger partial charge is 0.485 e. The highest BCUT2D eigenvalue weighted by Crippen LogP contribution is 2.20. The molecule has 0 saturated carbocycles. The topological polar surface area (TPSA) is 61.1 Å². The maximum Gasteiger partial charge on any atom is 0.485 e. The molecule has 0 unspecified atom stereocenters. The highest BCUT2D eigenvalue weighted by Gasteiger charge is 2.36. The van der Waals surface area contributed by atoms with Gasteiger partial charge in [0.2, 0.25) is 0 Å². The van der Waals surface area contributed by atoms with Crippen LogP contribution in [-0.4, -0.2) is 18.5 Å². The normalized spacial score (nSPS) is 11.8. The van der Waals surface area contributed by atoms with Gasteiger partial charge in [-0.2, -0.15) is 13.2 Å². The number of aryl methyl sites for hydroxylation is 2. The lowest BCUT2D eigenvalue weighted by Crippen LogP contribution is -2.33. The van der Waals surface area contributed by atoms with E-state index in [0.717, 1.165) is 0 Å². The van der Waals surface area contributed by atoms with Crippen molar-refractivity contribution < 1.29 is 30.7 Å². The third-order valence-corrected chi connectivity index (χ3v) is 4.11. The summed E-state index contributed by atoms with van der Waals surface area (Å²) in [4.78, 5) is 0. The molecule has 25 heavy (non-hydrogen) atoms. The molecule has 0 atom stereocenters. The second-order valence-corrected chi connectivity index (χ2v) is 7.24. The van der Waals surface area contributed by atoms with Crippen molar-refractivity contribution in [3.05, 3.63) is 30.1 Å². The van der Waals surface area contributed by atoms with Gasteiger partial charge in [0.25, 0.3) is 0 Å². The lowest BCUT2D eigenvalue weighted by Gasteiger charge is -2.08. The van der Waals surface area contributed by atoms with E-state index >= 15 is 0 Å². The molecule has 0 aliphatic carbocycles. The van der Waals surface area contributed by atoms with Crippen molar-refractivity contribution in [3.63, 3.8) is 0 Å². The van der Waals surface area contributed by atoms with Crippen LogP contribution in [0.2, 0.25) is 0 Å². The Morgan fingerprint density at radius 2 is 1.60 bits per heavy atom. The average molecular weight is 383 g/mol. The van der Waals surface area contributed by atoms with Gasteiger partial charge in [-0.1, -0.05) is 39.5 Å². The molecular formula is C17H28F3NO3S. The molecule has 0 aliphatic rings. The summed E-state index contributed by atoms with van der Waals surface area (Å²) in [6, 6.07) is 4.44. The molecule has 1 heterocycles. The predicted octanol–water partition coefficient (Wildman–Crippen LogP) is 4.34. The second kappa shape index (κ2) is 12.2. The number of pyridine rings is 1. The van der Waals surface area contributed by atoms with E-state index in [4.69, 9.17) is 13.0 Å². The van der Waals surface area contributed by atoms with Crippen molar-refractivity contribution >= 4 is 10.1 Å². The third-order valence-electron chi connectivity index (χ3n) is 3.54. The van der Waals surface area contributed by atoms with Crippen molar-refractivity contribution in [2.75, 3.05) is 0 Å². The largest absolute Gasteiger partial charge is 0.741 e. The molecule has 0 amide bonds. The number of aromatic nitrogens is 1.